The average molecular weight is 298 g/mol. The Labute approximate surface area is 92.8 Å². The predicted molar refractivity (Wildman–Crippen MR) is 54.4 cm³/mol. The number of halogens is 1. The highest BCUT2D eigenvalue weighted by Gasteiger charge is 2.03. The van der Waals surface area contributed by atoms with Crippen molar-refractivity contribution in [2.24, 2.45) is 0 Å². The molecule has 2 rings (SSSR count). The summed E-state index contributed by atoms with van der Waals surface area (Å²) in [6, 6.07) is 1.83. The zero-order valence-corrected chi connectivity index (χ0v) is 8.95. The van der Waals surface area contributed by atoms with Crippen LogP contribution in [0.25, 0.3) is 5.95 Å². The van der Waals surface area contributed by atoms with E-state index < -0.39 is 0 Å². The highest BCUT2D eigenvalue weighted by Crippen LogP contribution is 2.02. The molecular formula is C7H3IN6. The van der Waals surface area contributed by atoms with Gasteiger partial charge in [-0.25, -0.2) is 15.0 Å². The highest BCUT2D eigenvalue weighted by atomic mass is 127. The zero-order valence-electron chi connectivity index (χ0n) is 6.79. The monoisotopic (exact) mass is 298 g/mol. The maximum Gasteiger partial charge on any atom is 0.252 e. The van der Waals surface area contributed by atoms with E-state index in [1.54, 1.807) is 12.4 Å². The SMILES string of the molecule is N#Cc1ncn(-c2ncc(I)cn2)n1. The van der Waals surface area contributed by atoms with Gasteiger partial charge in [-0.2, -0.15) is 9.94 Å². The Morgan fingerprint density at radius 2 is 2.00 bits per heavy atom. The lowest BCUT2D eigenvalue weighted by Crippen LogP contribution is -2.01. The number of nitrogens with zero attached hydrogens (tertiary/aromatic N) is 6. The Balaban J connectivity index is 2.40. The average Bonchev–Trinajstić information content (AvgIpc) is 2.67. The van der Waals surface area contributed by atoms with E-state index in [4.69, 9.17) is 5.26 Å². The van der Waals surface area contributed by atoms with Crippen molar-refractivity contribution in [1.82, 2.24) is 24.7 Å². The van der Waals surface area contributed by atoms with Crippen LogP contribution in [0.1, 0.15) is 5.82 Å². The van der Waals surface area contributed by atoms with Crippen LogP contribution >= 0.6 is 22.6 Å². The van der Waals surface area contributed by atoms with Gasteiger partial charge in [0.15, 0.2) is 0 Å². The minimum Gasteiger partial charge on any atom is -0.218 e. The van der Waals surface area contributed by atoms with Gasteiger partial charge in [-0.1, -0.05) is 0 Å². The van der Waals surface area contributed by atoms with Crippen LogP contribution in [0.5, 0.6) is 0 Å². The lowest BCUT2D eigenvalue weighted by molar-refractivity contribution is 0.801. The molecule has 0 aliphatic rings. The minimum atomic E-state index is 0.104. The quantitative estimate of drug-likeness (QED) is 0.718. The predicted octanol–water partition coefficient (Wildman–Crippen LogP) is 0.534. The maximum atomic E-state index is 8.51. The van der Waals surface area contributed by atoms with Crippen molar-refractivity contribution in [2.45, 2.75) is 0 Å². The molecule has 2 aromatic rings. The highest BCUT2D eigenvalue weighted by molar-refractivity contribution is 14.1. The molecule has 0 unspecified atom stereocenters. The van der Waals surface area contributed by atoms with E-state index in [0.717, 1.165) is 3.57 Å². The molecular weight excluding hydrogens is 295 g/mol. The van der Waals surface area contributed by atoms with Crippen LogP contribution in [-0.2, 0) is 0 Å². The molecule has 0 aliphatic carbocycles. The van der Waals surface area contributed by atoms with Gasteiger partial charge in [0, 0.05) is 16.0 Å². The Kier molecular flexibility index (Phi) is 2.36. The van der Waals surface area contributed by atoms with Gasteiger partial charge in [-0.3, -0.25) is 0 Å². The number of hydrogen-bond acceptors (Lipinski definition) is 5. The molecule has 7 heteroatoms. The molecule has 2 heterocycles. The molecule has 0 saturated carbocycles. The van der Waals surface area contributed by atoms with Gasteiger partial charge in [0.1, 0.15) is 12.4 Å². The fraction of sp³-hybridized carbons (Fsp3) is 0. The molecule has 0 radical (unpaired) electrons. The normalized spacial score (nSPS) is 9.71. The van der Waals surface area contributed by atoms with E-state index in [9.17, 15) is 0 Å². The minimum absolute atomic E-state index is 0.104. The first-order valence-electron chi connectivity index (χ1n) is 3.59. The molecule has 0 N–H and O–H groups in total. The van der Waals surface area contributed by atoms with Crippen molar-refractivity contribution in [1.29, 1.82) is 5.26 Å². The molecule has 0 saturated heterocycles. The van der Waals surface area contributed by atoms with E-state index in [2.05, 4.69) is 42.6 Å². The third kappa shape index (κ3) is 1.69. The molecule has 0 atom stereocenters. The summed E-state index contributed by atoms with van der Waals surface area (Å²) in [7, 11) is 0. The van der Waals surface area contributed by atoms with Crippen LogP contribution in [0.4, 0.5) is 0 Å². The summed E-state index contributed by atoms with van der Waals surface area (Å²) >= 11 is 2.11. The summed E-state index contributed by atoms with van der Waals surface area (Å²) < 4.78 is 2.29. The second-order valence-electron chi connectivity index (χ2n) is 2.33. The van der Waals surface area contributed by atoms with Crippen LogP contribution < -0.4 is 0 Å². The van der Waals surface area contributed by atoms with Crippen LogP contribution in [0, 0.1) is 14.9 Å². The van der Waals surface area contributed by atoms with Crippen molar-refractivity contribution in [3.05, 3.63) is 28.1 Å². The van der Waals surface area contributed by atoms with E-state index in [-0.39, 0.29) is 5.82 Å². The lowest BCUT2D eigenvalue weighted by Gasteiger charge is -1.95. The Morgan fingerprint density at radius 3 is 2.57 bits per heavy atom. The third-order valence-electron chi connectivity index (χ3n) is 1.40. The summed E-state index contributed by atoms with van der Waals surface area (Å²) in [4.78, 5) is 11.8. The maximum absolute atomic E-state index is 8.51. The fourth-order valence-corrected chi connectivity index (χ4v) is 1.11. The molecule has 6 nitrogen and oxygen atoms in total. The topological polar surface area (TPSA) is 80.3 Å². The molecule has 0 bridgehead atoms. The molecule has 0 spiro atoms. The van der Waals surface area contributed by atoms with Crippen molar-refractivity contribution < 1.29 is 0 Å². The number of nitriles is 1. The molecule has 2 aromatic heterocycles. The molecule has 0 amide bonds. The molecule has 0 aliphatic heterocycles. The van der Waals surface area contributed by atoms with Gasteiger partial charge in [-0.15, -0.1) is 5.10 Å². The first-order valence-corrected chi connectivity index (χ1v) is 4.67. The molecule has 0 aromatic carbocycles. The van der Waals surface area contributed by atoms with Crippen molar-refractivity contribution >= 4 is 22.6 Å². The largest absolute Gasteiger partial charge is 0.252 e. The second-order valence-corrected chi connectivity index (χ2v) is 3.57. The first kappa shape index (κ1) is 9.01. The summed E-state index contributed by atoms with van der Waals surface area (Å²) in [6.07, 6.45) is 4.73. The smallest absolute Gasteiger partial charge is 0.218 e. The first-order chi connectivity index (χ1) is 6.79. The van der Waals surface area contributed by atoms with Gasteiger partial charge >= 0.3 is 0 Å². The Bertz CT molecular complexity index is 482. The van der Waals surface area contributed by atoms with Crippen molar-refractivity contribution in [3.63, 3.8) is 0 Å². The van der Waals surface area contributed by atoms with Gasteiger partial charge < -0.3 is 0 Å². The van der Waals surface area contributed by atoms with E-state index >= 15 is 0 Å². The molecule has 68 valence electrons. The van der Waals surface area contributed by atoms with Crippen LogP contribution in [0.2, 0.25) is 0 Å². The zero-order chi connectivity index (χ0) is 9.97. The fourth-order valence-electron chi connectivity index (χ4n) is 0.834. The van der Waals surface area contributed by atoms with Gasteiger partial charge in [0.2, 0.25) is 0 Å². The molecule has 0 fully saturated rings. The van der Waals surface area contributed by atoms with Gasteiger partial charge in [0.05, 0.1) is 0 Å². The summed E-state index contributed by atoms with van der Waals surface area (Å²) in [6.45, 7) is 0. The van der Waals surface area contributed by atoms with Crippen LogP contribution in [-0.4, -0.2) is 24.7 Å². The lowest BCUT2D eigenvalue weighted by atomic mass is 10.7. The summed E-state index contributed by atoms with van der Waals surface area (Å²) in [5.41, 5.74) is 0. The summed E-state index contributed by atoms with van der Waals surface area (Å²) in [5, 5.41) is 12.4. The second kappa shape index (κ2) is 3.67. The Hall–Kier alpha value is -1.56. The number of hydrogen-bond donors (Lipinski definition) is 0. The van der Waals surface area contributed by atoms with E-state index in [1.807, 2.05) is 6.07 Å². The van der Waals surface area contributed by atoms with E-state index in [1.165, 1.54) is 11.0 Å². The van der Waals surface area contributed by atoms with Crippen molar-refractivity contribution in [2.75, 3.05) is 0 Å². The molecule has 14 heavy (non-hydrogen) atoms. The van der Waals surface area contributed by atoms with Gasteiger partial charge in [0.25, 0.3) is 11.8 Å². The standard InChI is InChI=1S/C7H3IN6/c8-5-2-10-7(11-3-5)14-4-12-6(1-9)13-14/h2-4H. The third-order valence-corrected chi connectivity index (χ3v) is 1.96. The van der Waals surface area contributed by atoms with Crippen molar-refractivity contribution in [3.8, 4) is 12.0 Å². The summed E-state index contributed by atoms with van der Waals surface area (Å²) in [5.74, 6) is 0.506. The van der Waals surface area contributed by atoms with E-state index in [0.29, 0.717) is 5.95 Å². The van der Waals surface area contributed by atoms with Gasteiger partial charge in [-0.05, 0) is 22.6 Å². The number of aromatic nitrogens is 5. The number of rotatable bonds is 1. The Morgan fingerprint density at radius 1 is 1.29 bits per heavy atom. The van der Waals surface area contributed by atoms with Crippen LogP contribution in [0.3, 0.4) is 0 Å². The van der Waals surface area contributed by atoms with Crippen LogP contribution in [0.15, 0.2) is 18.7 Å².